The number of fused-ring (bicyclic) bond motifs is 1. The fraction of sp³-hybridized carbons (Fsp3) is 0.300. The third-order valence-electron chi connectivity index (χ3n) is 4.53. The fourth-order valence-corrected chi connectivity index (χ4v) is 3.25. The lowest BCUT2D eigenvalue weighted by atomic mass is 10.0. The molecular formula is C20H22N2O3. The number of ether oxygens (including phenoxy) is 1. The van der Waals surface area contributed by atoms with Crippen molar-refractivity contribution in [2.75, 3.05) is 7.11 Å². The first-order valence-electron chi connectivity index (χ1n) is 8.31. The molecule has 0 aliphatic carbocycles. The van der Waals surface area contributed by atoms with Crippen molar-refractivity contribution < 1.29 is 9.53 Å². The molecule has 0 amide bonds. The average Bonchev–Trinajstić information content (AvgIpc) is 2.87. The van der Waals surface area contributed by atoms with Crippen molar-refractivity contribution in [2.24, 2.45) is 0 Å². The van der Waals surface area contributed by atoms with Crippen LogP contribution in [0.5, 0.6) is 0 Å². The van der Waals surface area contributed by atoms with Gasteiger partial charge in [-0.3, -0.25) is 9.59 Å². The second-order valence-electron chi connectivity index (χ2n) is 6.40. The van der Waals surface area contributed by atoms with E-state index >= 15 is 0 Å². The third-order valence-corrected chi connectivity index (χ3v) is 4.53. The number of hydrogen-bond donors (Lipinski definition) is 0. The highest BCUT2D eigenvalue weighted by atomic mass is 16.5. The molecule has 0 fully saturated rings. The highest BCUT2D eigenvalue weighted by Gasteiger charge is 2.18. The van der Waals surface area contributed by atoms with E-state index in [4.69, 9.17) is 4.74 Å². The zero-order valence-electron chi connectivity index (χ0n) is 14.9. The first-order chi connectivity index (χ1) is 11.9. The molecule has 2 heterocycles. The molecule has 0 aliphatic heterocycles. The van der Waals surface area contributed by atoms with Gasteiger partial charge in [-0.1, -0.05) is 18.2 Å². The average molecular weight is 338 g/mol. The van der Waals surface area contributed by atoms with Crippen LogP contribution in [0.25, 0.3) is 22.0 Å². The van der Waals surface area contributed by atoms with Gasteiger partial charge in [-0.15, -0.1) is 0 Å². The normalized spacial score (nSPS) is 11.2. The van der Waals surface area contributed by atoms with Crippen LogP contribution in [0.3, 0.4) is 0 Å². The minimum absolute atomic E-state index is 0.0188. The molecule has 0 radical (unpaired) electrons. The van der Waals surface area contributed by atoms with E-state index in [1.165, 1.54) is 7.11 Å². The Labute approximate surface area is 146 Å². The molecule has 1 aromatic carbocycles. The van der Waals surface area contributed by atoms with Crippen molar-refractivity contribution >= 4 is 16.9 Å². The molecule has 0 saturated heterocycles. The van der Waals surface area contributed by atoms with E-state index in [0.29, 0.717) is 0 Å². The van der Waals surface area contributed by atoms with Crippen molar-refractivity contribution in [2.45, 2.75) is 33.4 Å². The Kier molecular flexibility index (Phi) is 4.49. The molecular weight excluding hydrogens is 316 g/mol. The standard InChI is InChI=1S/C20H22N2O3/c1-13(2)21-11-15(9-10-18(21)23)20-14(3)22(12-19(24)25-4)17-8-6-5-7-16(17)20/h5-11,13H,12H2,1-4H3. The smallest absolute Gasteiger partial charge is 0.325 e. The molecule has 0 aliphatic rings. The number of rotatable bonds is 4. The first kappa shape index (κ1) is 17.0. The molecule has 0 bridgehead atoms. The van der Waals surface area contributed by atoms with E-state index < -0.39 is 0 Å². The Morgan fingerprint density at radius 1 is 1.16 bits per heavy atom. The molecule has 25 heavy (non-hydrogen) atoms. The summed E-state index contributed by atoms with van der Waals surface area (Å²) in [6.07, 6.45) is 1.89. The van der Waals surface area contributed by atoms with Gasteiger partial charge in [0.1, 0.15) is 6.54 Å². The summed E-state index contributed by atoms with van der Waals surface area (Å²) in [5.74, 6) is -0.289. The molecule has 3 rings (SSSR count). The van der Waals surface area contributed by atoms with Gasteiger partial charge >= 0.3 is 5.97 Å². The van der Waals surface area contributed by atoms with Gasteiger partial charge in [0.25, 0.3) is 5.56 Å². The van der Waals surface area contributed by atoms with Gasteiger partial charge in [0.2, 0.25) is 0 Å². The molecule has 5 nitrogen and oxygen atoms in total. The summed E-state index contributed by atoms with van der Waals surface area (Å²) >= 11 is 0. The fourth-order valence-electron chi connectivity index (χ4n) is 3.25. The number of pyridine rings is 1. The van der Waals surface area contributed by atoms with Crippen LogP contribution in [-0.2, 0) is 16.1 Å². The van der Waals surface area contributed by atoms with Gasteiger partial charge in [0.05, 0.1) is 7.11 Å². The first-order valence-corrected chi connectivity index (χ1v) is 8.31. The quantitative estimate of drug-likeness (QED) is 0.684. The number of aromatic nitrogens is 2. The Morgan fingerprint density at radius 2 is 1.88 bits per heavy atom. The highest BCUT2D eigenvalue weighted by molar-refractivity contribution is 5.98. The van der Waals surface area contributed by atoms with Crippen LogP contribution < -0.4 is 5.56 Å². The van der Waals surface area contributed by atoms with Crippen LogP contribution >= 0.6 is 0 Å². The third kappa shape index (κ3) is 2.97. The second-order valence-corrected chi connectivity index (χ2v) is 6.40. The summed E-state index contributed by atoms with van der Waals surface area (Å²) in [6.45, 7) is 6.12. The minimum atomic E-state index is -0.289. The van der Waals surface area contributed by atoms with Gasteiger partial charge in [0, 0.05) is 46.0 Å². The van der Waals surface area contributed by atoms with Gasteiger partial charge < -0.3 is 13.9 Å². The minimum Gasteiger partial charge on any atom is -0.468 e. The monoisotopic (exact) mass is 338 g/mol. The Hall–Kier alpha value is -2.82. The number of nitrogens with zero attached hydrogens (tertiary/aromatic N) is 2. The summed E-state index contributed by atoms with van der Waals surface area (Å²) in [6, 6.07) is 11.5. The van der Waals surface area contributed by atoms with E-state index in [2.05, 4.69) is 0 Å². The topological polar surface area (TPSA) is 53.2 Å². The molecule has 0 unspecified atom stereocenters. The van der Waals surface area contributed by atoms with Crippen molar-refractivity contribution in [1.82, 2.24) is 9.13 Å². The molecule has 5 heteroatoms. The molecule has 3 aromatic rings. The van der Waals surface area contributed by atoms with E-state index in [0.717, 1.165) is 27.7 Å². The van der Waals surface area contributed by atoms with Crippen molar-refractivity contribution in [3.63, 3.8) is 0 Å². The van der Waals surface area contributed by atoms with Crippen LogP contribution in [0.2, 0.25) is 0 Å². The highest BCUT2D eigenvalue weighted by Crippen LogP contribution is 2.34. The lowest BCUT2D eigenvalue weighted by Crippen LogP contribution is -2.20. The number of carbonyl (C=O) groups excluding carboxylic acids is 1. The van der Waals surface area contributed by atoms with Crippen LogP contribution in [0.15, 0.2) is 47.4 Å². The van der Waals surface area contributed by atoms with E-state index in [-0.39, 0.29) is 24.1 Å². The van der Waals surface area contributed by atoms with E-state index in [1.807, 2.05) is 61.9 Å². The van der Waals surface area contributed by atoms with Gasteiger partial charge in [0.15, 0.2) is 0 Å². The summed E-state index contributed by atoms with van der Waals surface area (Å²) in [5.41, 5.74) is 3.93. The SMILES string of the molecule is COC(=O)Cn1c(C)c(-c2ccc(=O)n(C(C)C)c2)c2ccccc21. The molecule has 2 aromatic heterocycles. The Balaban J connectivity index is 2.27. The number of methoxy groups -OCH3 is 1. The molecule has 0 saturated carbocycles. The molecule has 0 N–H and O–H groups in total. The van der Waals surface area contributed by atoms with Crippen LogP contribution in [0.4, 0.5) is 0 Å². The second kappa shape index (κ2) is 6.59. The van der Waals surface area contributed by atoms with Gasteiger partial charge in [-0.2, -0.15) is 0 Å². The Bertz CT molecular complexity index is 996. The lowest BCUT2D eigenvalue weighted by Gasteiger charge is -2.12. The number of hydrogen-bond acceptors (Lipinski definition) is 3. The molecule has 0 spiro atoms. The van der Waals surface area contributed by atoms with Crippen LogP contribution in [0.1, 0.15) is 25.6 Å². The maximum atomic E-state index is 12.1. The maximum absolute atomic E-state index is 12.1. The zero-order valence-corrected chi connectivity index (χ0v) is 14.9. The summed E-state index contributed by atoms with van der Waals surface area (Å²) in [7, 11) is 1.39. The largest absolute Gasteiger partial charge is 0.468 e. The van der Waals surface area contributed by atoms with Gasteiger partial charge in [-0.05, 0) is 32.9 Å². The molecule has 0 atom stereocenters. The van der Waals surface area contributed by atoms with Crippen molar-refractivity contribution in [3.05, 3.63) is 58.6 Å². The summed E-state index contributed by atoms with van der Waals surface area (Å²) in [4.78, 5) is 23.9. The zero-order chi connectivity index (χ0) is 18.1. The van der Waals surface area contributed by atoms with Crippen molar-refractivity contribution in [3.8, 4) is 11.1 Å². The summed E-state index contributed by atoms with van der Waals surface area (Å²) < 4.78 is 8.52. The van der Waals surface area contributed by atoms with Crippen molar-refractivity contribution in [1.29, 1.82) is 0 Å². The number of para-hydroxylation sites is 1. The predicted octanol–water partition coefficient (Wildman–Crippen LogP) is 3.53. The van der Waals surface area contributed by atoms with E-state index in [1.54, 1.807) is 10.6 Å². The molecule has 130 valence electrons. The predicted molar refractivity (Wildman–Crippen MR) is 98.8 cm³/mol. The number of carbonyl (C=O) groups is 1. The Morgan fingerprint density at radius 3 is 2.56 bits per heavy atom. The number of esters is 1. The number of benzene rings is 1. The maximum Gasteiger partial charge on any atom is 0.325 e. The van der Waals surface area contributed by atoms with Crippen LogP contribution in [-0.4, -0.2) is 22.2 Å². The van der Waals surface area contributed by atoms with E-state index in [9.17, 15) is 9.59 Å². The van der Waals surface area contributed by atoms with Gasteiger partial charge in [-0.25, -0.2) is 0 Å². The van der Waals surface area contributed by atoms with Crippen LogP contribution in [0, 0.1) is 6.92 Å². The summed E-state index contributed by atoms with van der Waals surface area (Å²) in [5, 5.41) is 1.05. The lowest BCUT2D eigenvalue weighted by molar-refractivity contribution is -0.141.